The number of nitrogens with one attached hydrogen (secondary N) is 1. The second kappa shape index (κ2) is 6.70. The summed E-state index contributed by atoms with van der Waals surface area (Å²) in [5.41, 5.74) is -0.0477. The van der Waals surface area contributed by atoms with Crippen LogP contribution in [0.15, 0.2) is 29.3 Å². The van der Waals surface area contributed by atoms with Gasteiger partial charge in [0.15, 0.2) is 5.82 Å². The van der Waals surface area contributed by atoms with Gasteiger partial charge in [0.2, 0.25) is 0 Å². The summed E-state index contributed by atoms with van der Waals surface area (Å²) in [5, 5.41) is 3.15. The van der Waals surface area contributed by atoms with E-state index in [0.717, 1.165) is 13.0 Å². The van der Waals surface area contributed by atoms with Gasteiger partial charge >= 0.3 is 0 Å². The standard InChI is InChI=1S/C15H21N3OS/c1-4-12-5-6-13(20-12)9-17-14-15(19)18(8-7-16-14)10-11(2)3/h5-8,11H,4,9-10H2,1-3H3,(H,16,17). The highest BCUT2D eigenvalue weighted by atomic mass is 32.1. The van der Waals surface area contributed by atoms with Crippen molar-refractivity contribution in [2.75, 3.05) is 5.32 Å². The van der Waals surface area contributed by atoms with Crippen LogP contribution in [0.5, 0.6) is 0 Å². The SMILES string of the molecule is CCc1ccc(CNc2nccn(CC(C)C)c2=O)s1. The number of thiophene rings is 1. The molecule has 0 aliphatic heterocycles. The van der Waals surface area contributed by atoms with Gasteiger partial charge in [0, 0.05) is 28.7 Å². The predicted octanol–water partition coefficient (Wildman–Crippen LogP) is 3.14. The van der Waals surface area contributed by atoms with Gasteiger partial charge in [-0.15, -0.1) is 11.3 Å². The third-order valence-corrected chi connectivity index (χ3v) is 4.20. The molecule has 0 atom stereocenters. The van der Waals surface area contributed by atoms with E-state index in [1.54, 1.807) is 28.3 Å². The Balaban J connectivity index is 2.07. The van der Waals surface area contributed by atoms with Crippen molar-refractivity contribution >= 4 is 17.2 Å². The first-order valence-corrected chi connectivity index (χ1v) is 7.78. The fourth-order valence-corrected chi connectivity index (χ4v) is 2.88. The first kappa shape index (κ1) is 14.8. The summed E-state index contributed by atoms with van der Waals surface area (Å²) in [4.78, 5) is 19.0. The minimum Gasteiger partial charge on any atom is -0.361 e. The Labute approximate surface area is 123 Å². The van der Waals surface area contributed by atoms with Gasteiger partial charge in [-0.3, -0.25) is 4.79 Å². The minimum absolute atomic E-state index is 0.0477. The zero-order valence-electron chi connectivity index (χ0n) is 12.2. The van der Waals surface area contributed by atoms with Crippen molar-refractivity contribution < 1.29 is 0 Å². The van der Waals surface area contributed by atoms with Crippen LogP contribution in [0.2, 0.25) is 0 Å². The van der Waals surface area contributed by atoms with E-state index in [2.05, 4.69) is 43.2 Å². The smallest absolute Gasteiger partial charge is 0.293 e. The summed E-state index contributed by atoms with van der Waals surface area (Å²) in [7, 11) is 0. The molecule has 0 aromatic carbocycles. The van der Waals surface area contributed by atoms with Crippen molar-refractivity contribution in [3.8, 4) is 0 Å². The molecule has 0 saturated heterocycles. The van der Waals surface area contributed by atoms with E-state index < -0.39 is 0 Å². The van der Waals surface area contributed by atoms with Gasteiger partial charge in [-0.1, -0.05) is 20.8 Å². The average molecular weight is 291 g/mol. The molecular weight excluding hydrogens is 270 g/mol. The molecule has 20 heavy (non-hydrogen) atoms. The number of hydrogen-bond acceptors (Lipinski definition) is 4. The van der Waals surface area contributed by atoms with E-state index in [4.69, 9.17) is 0 Å². The second-order valence-corrected chi connectivity index (χ2v) is 6.46. The van der Waals surface area contributed by atoms with Gasteiger partial charge in [-0.2, -0.15) is 0 Å². The van der Waals surface area contributed by atoms with Crippen LogP contribution in [0.1, 0.15) is 30.5 Å². The molecule has 2 rings (SSSR count). The molecule has 2 heterocycles. The molecule has 0 aliphatic rings. The van der Waals surface area contributed by atoms with E-state index >= 15 is 0 Å². The first-order valence-electron chi connectivity index (χ1n) is 6.97. The number of rotatable bonds is 6. The Morgan fingerprint density at radius 1 is 1.35 bits per heavy atom. The molecule has 2 aromatic heterocycles. The zero-order valence-corrected chi connectivity index (χ0v) is 13.0. The summed E-state index contributed by atoms with van der Waals surface area (Å²) in [5.74, 6) is 0.868. The highest BCUT2D eigenvalue weighted by molar-refractivity contribution is 7.12. The Hall–Kier alpha value is -1.62. The molecule has 0 unspecified atom stereocenters. The highest BCUT2D eigenvalue weighted by Gasteiger charge is 2.06. The second-order valence-electron chi connectivity index (χ2n) is 5.20. The third-order valence-electron chi connectivity index (χ3n) is 2.97. The maximum absolute atomic E-state index is 12.2. The largest absolute Gasteiger partial charge is 0.361 e. The average Bonchev–Trinajstić information content (AvgIpc) is 2.87. The molecule has 0 bridgehead atoms. The topological polar surface area (TPSA) is 46.9 Å². The number of aryl methyl sites for hydroxylation is 1. The summed E-state index contributed by atoms with van der Waals surface area (Å²) < 4.78 is 1.71. The lowest BCUT2D eigenvalue weighted by atomic mass is 10.2. The fourth-order valence-electron chi connectivity index (χ4n) is 1.98. The number of anilines is 1. The predicted molar refractivity (Wildman–Crippen MR) is 84.4 cm³/mol. The molecule has 0 radical (unpaired) electrons. The molecule has 0 saturated carbocycles. The van der Waals surface area contributed by atoms with Crippen LogP contribution in [0.3, 0.4) is 0 Å². The van der Waals surface area contributed by atoms with Gasteiger partial charge in [-0.05, 0) is 24.5 Å². The quantitative estimate of drug-likeness (QED) is 0.889. The van der Waals surface area contributed by atoms with E-state index in [9.17, 15) is 4.79 Å². The fraction of sp³-hybridized carbons (Fsp3) is 0.467. The van der Waals surface area contributed by atoms with Crippen molar-refractivity contribution in [2.45, 2.75) is 40.3 Å². The number of nitrogens with zero attached hydrogens (tertiary/aromatic N) is 2. The maximum Gasteiger partial charge on any atom is 0.293 e. The van der Waals surface area contributed by atoms with E-state index in [1.165, 1.54) is 9.75 Å². The summed E-state index contributed by atoms with van der Waals surface area (Å²) in [6.45, 7) is 7.70. The highest BCUT2D eigenvalue weighted by Crippen LogP contribution is 2.17. The third kappa shape index (κ3) is 3.70. The Bertz CT molecular complexity index is 616. The first-order chi connectivity index (χ1) is 9.60. The molecule has 1 N–H and O–H groups in total. The van der Waals surface area contributed by atoms with Crippen molar-refractivity contribution in [2.24, 2.45) is 5.92 Å². The Kier molecular flexibility index (Phi) is 4.95. The lowest BCUT2D eigenvalue weighted by molar-refractivity contribution is 0.509. The Morgan fingerprint density at radius 3 is 2.75 bits per heavy atom. The Morgan fingerprint density at radius 2 is 2.10 bits per heavy atom. The molecule has 0 aliphatic carbocycles. The van der Waals surface area contributed by atoms with Crippen LogP contribution in [0, 0.1) is 5.92 Å². The monoisotopic (exact) mass is 291 g/mol. The van der Waals surface area contributed by atoms with Crippen LogP contribution >= 0.6 is 11.3 Å². The molecule has 0 fully saturated rings. The van der Waals surface area contributed by atoms with Crippen molar-refractivity contribution in [1.29, 1.82) is 0 Å². The van der Waals surface area contributed by atoms with Gasteiger partial charge in [0.25, 0.3) is 5.56 Å². The molecule has 2 aromatic rings. The van der Waals surface area contributed by atoms with Gasteiger partial charge in [-0.25, -0.2) is 4.98 Å². The molecule has 108 valence electrons. The minimum atomic E-state index is -0.0477. The lowest BCUT2D eigenvalue weighted by Gasteiger charge is -2.10. The maximum atomic E-state index is 12.2. The van der Waals surface area contributed by atoms with E-state index in [1.807, 2.05) is 0 Å². The van der Waals surface area contributed by atoms with Crippen LogP contribution < -0.4 is 10.9 Å². The van der Waals surface area contributed by atoms with E-state index in [0.29, 0.717) is 18.3 Å². The van der Waals surface area contributed by atoms with Crippen molar-refractivity contribution in [3.63, 3.8) is 0 Å². The van der Waals surface area contributed by atoms with Gasteiger partial charge in [0.1, 0.15) is 0 Å². The van der Waals surface area contributed by atoms with Gasteiger partial charge in [0.05, 0.1) is 6.54 Å². The normalized spacial score (nSPS) is 11.0. The summed E-state index contributed by atoms with van der Waals surface area (Å²) >= 11 is 1.77. The van der Waals surface area contributed by atoms with E-state index in [-0.39, 0.29) is 5.56 Å². The van der Waals surface area contributed by atoms with Crippen LogP contribution in [0.4, 0.5) is 5.82 Å². The number of hydrogen-bond donors (Lipinski definition) is 1. The van der Waals surface area contributed by atoms with Crippen LogP contribution in [0.25, 0.3) is 0 Å². The molecule has 0 spiro atoms. The lowest BCUT2D eigenvalue weighted by Crippen LogP contribution is -2.25. The van der Waals surface area contributed by atoms with Crippen LogP contribution in [-0.2, 0) is 19.5 Å². The number of aromatic nitrogens is 2. The van der Waals surface area contributed by atoms with Gasteiger partial charge < -0.3 is 9.88 Å². The molecular formula is C15H21N3OS. The van der Waals surface area contributed by atoms with Crippen molar-refractivity contribution in [1.82, 2.24) is 9.55 Å². The molecule has 5 heteroatoms. The molecule has 0 amide bonds. The summed E-state index contributed by atoms with van der Waals surface area (Å²) in [6.07, 6.45) is 4.47. The van der Waals surface area contributed by atoms with Crippen LogP contribution in [-0.4, -0.2) is 9.55 Å². The summed E-state index contributed by atoms with van der Waals surface area (Å²) in [6, 6.07) is 4.24. The molecule has 4 nitrogen and oxygen atoms in total. The van der Waals surface area contributed by atoms with Crippen molar-refractivity contribution in [3.05, 3.63) is 44.6 Å². The zero-order chi connectivity index (χ0) is 14.5.